The van der Waals surface area contributed by atoms with Crippen molar-refractivity contribution >= 4 is 39.2 Å². The van der Waals surface area contributed by atoms with Crippen LogP contribution in [-0.4, -0.2) is 44.8 Å². The molecule has 0 atom stereocenters. The van der Waals surface area contributed by atoms with Crippen molar-refractivity contribution in [2.75, 3.05) is 30.4 Å². The van der Waals surface area contributed by atoms with Gasteiger partial charge in [-0.15, -0.1) is 0 Å². The maximum Gasteiger partial charge on any atom is 0.411 e. The zero-order valence-electron chi connectivity index (χ0n) is 24.9. The number of ether oxygens (including phenoxy) is 4. The number of halogens is 1. The first-order valence-corrected chi connectivity index (χ1v) is 15.3. The summed E-state index contributed by atoms with van der Waals surface area (Å²) in [5, 5.41) is 2.85. The maximum absolute atomic E-state index is 13.4. The second-order valence-electron chi connectivity index (χ2n) is 10.6. The fourth-order valence-corrected chi connectivity index (χ4v) is 5.06. The van der Waals surface area contributed by atoms with Crippen molar-refractivity contribution in [1.82, 2.24) is 9.97 Å². The van der Waals surface area contributed by atoms with Crippen LogP contribution in [-0.2, 0) is 20.2 Å². The van der Waals surface area contributed by atoms with Gasteiger partial charge in [-0.05, 0) is 59.9 Å². The first kappa shape index (κ1) is 32.4. The molecule has 4 aromatic rings. The van der Waals surface area contributed by atoms with E-state index < -0.39 is 16.1 Å². The van der Waals surface area contributed by atoms with Gasteiger partial charge in [0, 0.05) is 11.8 Å². The number of hydrogen-bond donors (Lipinski definition) is 2. The van der Waals surface area contributed by atoms with Crippen molar-refractivity contribution in [3.8, 4) is 23.1 Å². The Kier molecular flexibility index (Phi) is 10.2. The summed E-state index contributed by atoms with van der Waals surface area (Å²) in [4.78, 5) is 20.5. The first-order chi connectivity index (χ1) is 20.9. The van der Waals surface area contributed by atoms with Crippen molar-refractivity contribution in [3.05, 3.63) is 89.2 Å². The van der Waals surface area contributed by atoms with E-state index in [1.54, 1.807) is 36.4 Å². The van der Waals surface area contributed by atoms with Crippen LogP contribution in [0.15, 0.2) is 78.0 Å². The lowest BCUT2D eigenvalue weighted by atomic mass is 9.87. The van der Waals surface area contributed by atoms with E-state index in [9.17, 15) is 13.2 Å². The van der Waals surface area contributed by atoms with Gasteiger partial charge >= 0.3 is 6.09 Å². The minimum Gasteiger partial charge on any atom is -0.497 e. The highest BCUT2D eigenvalue weighted by Crippen LogP contribution is 2.40. The summed E-state index contributed by atoms with van der Waals surface area (Å²) in [5.74, 6) is 0.0863. The summed E-state index contributed by atoms with van der Waals surface area (Å²) in [6.45, 7) is 7.72. The van der Waals surface area contributed by atoms with Crippen LogP contribution in [0, 0.1) is 6.92 Å². The SMILES string of the molecule is COc1ccc(Cl)c(Oc2c(NS(=O)(=O)c3ccc(C(C)(C)C)cc3)ncnc2OCCOC(=O)Nc2cccc(C)c2)c1. The number of amides is 1. The molecule has 232 valence electrons. The molecule has 0 aliphatic carbocycles. The number of nitrogens with zero attached hydrogens (tertiary/aromatic N) is 2. The lowest BCUT2D eigenvalue weighted by Crippen LogP contribution is -2.18. The summed E-state index contributed by atoms with van der Waals surface area (Å²) < 4.78 is 51.4. The molecule has 0 saturated heterocycles. The number of nitrogens with one attached hydrogen (secondary N) is 2. The molecule has 0 aliphatic rings. The van der Waals surface area contributed by atoms with Gasteiger partial charge in [0.1, 0.15) is 31.0 Å². The number of carbonyl (C=O) groups is 1. The smallest absolute Gasteiger partial charge is 0.411 e. The van der Waals surface area contributed by atoms with E-state index >= 15 is 0 Å². The van der Waals surface area contributed by atoms with Crippen molar-refractivity contribution < 1.29 is 32.2 Å². The molecule has 0 aliphatic heterocycles. The highest BCUT2D eigenvalue weighted by Gasteiger charge is 2.24. The minimum absolute atomic E-state index is 0.0185. The van der Waals surface area contributed by atoms with Crippen LogP contribution < -0.4 is 24.2 Å². The third-order valence-electron chi connectivity index (χ3n) is 6.20. The van der Waals surface area contributed by atoms with Crippen LogP contribution in [0.25, 0.3) is 0 Å². The molecule has 0 saturated carbocycles. The van der Waals surface area contributed by atoms with E-state index in [0.717, 1.165) is 17.5 Å². The number of aryl methyl sites for hydroxylation is 1. The molecular weight excluding hydrogens is 608 g/mol. The second-order valence-corrected chi connectivity index (χ2v) is 12.7. The predicted molar refractivity (Wildman–Crippen MR) is 168 cm³/mol. The van der Waals surface area contributed by atoms with Gasteiger partial charge in [0.15, 0.2) is 5.82 Å². The van der Waals surface area contributed by atoms with Crippen LogP contribution >= 0.6 is 11.6 Å². The van der Waals surface area contributed by atoms with Crippen LogP contribution in [0.5, 0.6) is 23.1 Å². The first-order valence-electron chi connectivity index (χ1n) is 13.5. The lowest BCUT2D eigenvalue weighted by molar-refractivity contribution is 0.135. The summed E-state index contributed by atoms with van der Waals surface area (Å²) in [6, 6.07) is 18.5. The Hall–Kier alpha value is -4.55. The highest BCUT2D eigenvalue weighted by atomic mass is 35.5. The lowest BCUT2D eigenvalue weighted by Gasteiger charge is -2.19. The third kappa shape index (κ3) is 8.51. The third-order valence-corrected chi connectivity index (χ3v) is 7.87. The quantitative estimate of drug-likeness (QED) is 0.167. The van der Waals surface area contributed by atoms with Gasteiger partial charge < -0.3 is 18.9 Å². The molecule has 2 N–H and O–H groups in total. The Balaban J connectivity index is 1.56. The Bertz CT molecular complexity index is 1730. The number of rotatable bonds is 11. The molecule has 0 fully saturated rings. The number of methoxy groups -OCH3 is 1. The van der Waals surface area contributed by atoms with Gasteiger partial charge in [0.05, 0.1) is 17.0 Å². The Labute approximate surface area is 261 Å². The molecule has 13 heteroatoms. The molecule has 44 heavy (non-hydrogen) atoms. The molecule has 0 radical (unpaired) electrons. The zero-order valence-corrected chi connectivity index (χ0v) is 26.5. The van der Waals surface area contributed by atoms with Gasteiger partial charge in [-0.3, -0.25) is 10.0 Å². The number of sulfonamides is 1. The van der Waals surface area contributed by atoms with E-state index in [2.05, 4.69) is 20.0 Å². The zero-order chi connectivity index (χ0) is 31.9. The fraction of sp³-hybridized carbons (Fsp3) is 0.258. The molecule has 1 amide bonds. The van der Waals surface area contributed by atoms with Crippen LogP contribution in [0.1, 0.15) is 31.9 Å². The monoisotopic (exact) mass is 640 g/mol. The number of carbonyl (C=O) groups excluding carboxylic acids is 1. The number of anilines is 2. The largest absolute Gasteiger partial charge is 0.497 e. The average Bonchev–Trinajstić information content (AvgIpc) is 2.97. The molecule has 1 heterocycles. The van der Waals surface area contributed by atoms with Crippen molar-refractivity contribution in [2.45, 2.75) is 38.0 Å². The standard InChI is InChI=1S/C31H33ClN4O7S/c1-20-7-6-8-22(17-20)35-30(37)42-16-15-41-29-27(43-26-18-23(40-5)11-14-25(26)32)28(33-19-34-29)36-44(38,39)24-12-9-21(10-13-24)31(2,3)4/h6-14,17-19H,15-16H2,1-5H3,(H,35,37)(H,33,34,36). The van der Waals surface area contributed by atoms with Crippen LogP contribution in [0.4, 0.5) is 16.3 Å². The van der Waals surface area contributed by atoms with E-state index in [-0.39, 0.29) is 51.7 Å². The van der Waals surface area contributed by atoms with Gasteiger partial charge in [-0.25, -0.2) is 18.2 Å². The Morgan fingerprint density at radius 2 is 1.73 bits per heavy atom. The molecule has 0 unspecified atom stereocenters. The molecule has 3 aromatic carbocycles. The number of benzene rings is 3. The van der Waals surface area contributed by atoms with Gasteiger partial charge in [-0.1, -0.05) is 56.6 Å². The minimum atomic E-state index is -4.11. The van der Waals surface area contributed by atoms with Gasteiger partial charge in [0.2, 0.25) is 5.75 Å². The number of aromatic nitrogens is 2. The maximum atomic E-state index is 13.4. The summed E-state index contributed by atoms with van der Waals surface area (Å²) in [7, 11) is -2.63. The van der Waals surface area contributed by atoms with Gasteiger partial charge in [-0.2, -0.15) is 4.98 Å². The molecule has 4 rings (SSSR count). The highest BCUT2D eigenvalue weighted by molar-refractivity contribution is 7.92. The molecule has 0 bridgehead atoms. The van der Waals surface area contributed by atoms with E-state index in [0.29, 0.717) is 11.4 Å². The Morgan fingerprint density at radius 1 is 0.977 bits per heavy atom. The molecular formula is C31H33ClN4O7S. The molecule has 1 aromatic heterocycles. The van der Waals surface area contributed by atoms with E-state index in [4.69, 9.17) is 30.5 Å². The molecule has 0 spiro atoms. The summed E-state index contributed by atoms with van der Waals surface area (Å²) in [6.07, 6.45) is 0.439. The topological polar surface area (TPSA) is 138 Å². The number of hydrogen-bond acceptors (Lipinski definition) is 9. The van der Waals surface area contributed by atoms with Gasteiger partial charge in [0.25, 0.3) is 15.9 Å². The predicted octanol–water partition coefficient (Wildman–Crippen LogP) is 6.97. The summed E-state index contributed by atoms with van der Waals surface area (Å²) in [5.41, 5.74) is 2.38. The van der Waals surface area contributed by atoms with E-state index in [1.165, 1.54) is 25.3 Å². The van der Waals surface area contributed by atoms with Crippen LogP contribution in [0.2, 0.25) is 5.02 Å². The summed E-state index contributed by atoms with van der Waals surface area (Å²) >= 11 is 6.36. The Morgan fingerprint density at radius 3 is 2.41 bits per heavy atom. The van der Waals surface area contributed by atoms with Crippen molar-refractivity contribution in [3.63, 3.8) is 0 Å². The second kappa shape index (κ2) is 13.8. The van der Waals surface area contributed by atoms with E-state index in [1.807, 2.05) is 39.8 Å². The normalized spacial score (nSPS) is 11.4. The van der Waals surface area contributed by atoms with Crippen molar-refractivity contribution in [2.24, 2.45) is 0 Å². The molecule has 11 nitrogen and oxygen atoms in total. The average molecular weight is 641 g/mol. The van der Waals surface area contributed by atoms with Crippen LogP contribution in [0.3, 0.4) is 0 Å². The van der Waals surface area contributed by atoms with Crippen molar-refractivity contribution in [1.29, 1.82) is 0 Å². The fourth-order valence-electron chi connectivity index (χ4n) is 3.89.